The van der Waals surface area contributed by atoms with Gasteiger partial charge in [0.1, 0.15) is 5.75 Å². The number of para-hydroxylation sites is 1. The van der Waals surface area contributed by atoms with Crippen LogP contribution in [0.5, 0.6) is 5.75 Å². The van der Waals surface area contributed by atoms with Crippen molar-refractivity contribution >= 4 is 5.95 Å². The molecule has 106 valence electrons. The second-order valence-electron chi connectivity index (χ2n) is 5.29. The van der Waals surface area contributed by atoms with Gasteiger partial charge in [-0.1, -0.05) is 18.2 Å². The van der Waals surface area contributed by atoms with E-state index in [0.29, 0.717) is 6.04 Å². The Balaban J connectivity index is 1.42. The molecule has 0 spiro atoms. The van der Waals surface area contributed by atoms with Gasteiger partial charge in [-0.3, -0.25) is 0 Å². The lowest BCUT2D eigenvalue weighted by molar-refractivity contribution is 0.315. The number of aryl methyl sites for hydroxylation is 1. The molecule has 0 aliphatic heterocycles. The summed E-state index contributed by atoms with van der Waals surface area (Å²) in [7, 11) is 0. The minimum Gasteiger partial charge on any atom is -0.494 e. The molecule has 4 nitrogen and oxygen atoms in total. The number of aromatic nitrogens is 2. The molecule has 0 amide bonds. The third-order valence-electron chi connectivity index (χ3n) is 3.41. The second-order valence-corrected chi connectivity index (χ2v) is 5.29. The van der Waals surface area contributed by atoms with Crippen LogP contribution in [0.1, 0.15) is 31.0 Å². The van der Waals surface area contributed by atoms with Gasteiger partial charge in [0, 0.05) is 18.8 Å². The van der Waals surface area contributed by atoms with Crippen LogP contribution in [0, 0.1) is 6.92 Å². The minimum absolute atomic E-state index is 0.666. The van der Waals surface area contributed by atoms with E-state index in [-0.39, 0.29) is 0 Å². The molecule has 1 heterocycles. The fourth-order valence-electron chi connectivity index (χ4n) is 2.26. The van der Waals surface area contributed by atoms with E-state index >= 15 is 0 Å². The Bertz CT molecular complexity index is 546. The molecule has 0 radical (unpaired) electrons. The molecule has 0 bridgehead atoms. The highest BCUT2D eigenvalue weighted by Gasteiger charge is 2.25. The normalized spacial score (nSPS) is 14.2. The number of ether oxygens (including phenoxy) is 1. The molecule has 1 aromatic heterocycles. The smallest absolute Gasteiger partial charge is 0.203 e. The van der Waals surface area contributed by atoms with Gasteiger partial charge in [0.2, 0.25) is 5.95 Å². The largest absolute Gasteiger partial charge is 0.494 e. The molecule has 20 heavy (non-hydrogen) atoms. The fraction of sp³-hybridized carbons (Fsp3) is 0.438. The van der Waals surface area contributed by atoms with Gasteiger partial charge >= 0.3 is 0 Å². The van der Waals surface area contributed by atoms with Crippen LogP contribution < -0.4 is 10.1 Å². The highest BCUT2D eigenvalue weighted by molar-refractivity contribution is 5.30. The first-order chi connectivity index (χ1) is 9.83. The van der Waals surface area contributed by atoms with Crippen LogP contribution in [0.2, 0.25) is 0 Å². The third kappa shape index (κ3) is 3.32. The van der Waals surface area contributed by atoms with Gasteiger partial charge in [-0.05, 0) is 38.3 Å². The van der Waals surface area contributed by atoms with Gasteiger partial charge in [-0.15, -0.1) is 0 Å². The molecular formula is C16H21N3O. The number of hydrogen-bond donors (Lipinski definition) is 1. The molecular weight excluding hydrogens is 250 g/mol. The van der Waals surface area contributed by atoms with Crippen LogP contribution in [-0.2, 0) is 0 Å². The van der Waals surface area contributed by atoms with E-state index in [2.05, 4.69) is 21.1 Å². The molecule has 2 aromatic rings. The SMILES string of the molecule is Cc1cn(C2CC2)c(NCCCOc2ccccc2)n1. The Morgan fingerprint density at radius 1 is 1.30 bits per heavy atom. The van der Waals surface area contributed by atoms with Crippen LogP contribution in [0.15, 0.2) is 36.5 Å². The number of imidazole rings is 1. The Morgan fingerprint density at radius 2 is 2.10 bits per heavy atom. The summed E-state index contributed by atoms with van der Waals surface area (Å²) in [6, 6.07) is 10.6. The first-order valence-corrected chi connectivity index (χ1v) is 7.30. The first-order valence-electron chi connectivity index (χ1n) is 7.30. The van der Waals surface area contributed by atoms with Crippen molar-refractivity contribution in [2.75, 3.05) is 18.5 Å². The van der Waals surface area contributed by atoms with Crippen LogP contribution in [0.25, 0.3) is 0 Å². The average molecular weight is 271 g/mol. The van der Waals surface area contributed by atoms with Gasteiger partial charge in [0.25, 0.3) is 0 Å². The van der Waals surface area contributed by atoms with Crippen LogP contribution >= 0.6 is 0 Å². The number of anilines is 1. The van der Waals surface area contributed by atoms with Crippen molar-refractivity contribution in [3.05, 3.63) is 42.2 Å². The number of nitrogens with zero attached hydrogens (tertiary/aromatic N) is 2. The minimum atomic E-state index is 0.666. The van der Waals surface area contributed by atoms with Crippen LogP contribution in [-0.4, -0.2) is 22.7 Å². The Labute approximate surface area is 119 Å². The standard InChI is InChI=1S/C16H21N3O/c1-13-12-19(14-8-9-14)16(18-13)17-10-5-11-20-15-6-3-2-4-7-15/h2-4,6-7,12,14H,5,8-11H2,1H3,(H,17,18). The molecule has 3 rings (SSSR count). The quantitative estimate of drug-likeness (QED) is 0.784. The summed E-state index contributed by atoms with van der Waals surface area (Å²) in [6.07, 6.45) is 5.66. The Hall–Kier alpha value is -1.97. The lowest BCUT2D eigenvalue weighted by atomic mass is 10.3. The summed E-state index contributed by atoms with van der Waals surface area (Å²) < 4.78 is 7.94. The Morgan fingerprint density at radius 3 is 2.85 bits per heavy atom. The van der Waals surface area contributed by atoms with Crippen LogP contribution in [0.3, 0.4) is 0 Å². The average Bonchev–Trinajstić information content (AvgIpc) is 3.24. The molecule has 1 aliphatic rings. The summed E-state index contributed by atoms with van der Waals surface area (Å²) in [5.74, 6) is 1.94. The van der Waals surface area contributed by atoms with E-state index in [0.717, 1.165) is 37.0 Å². The zero-order valence-electron chi connectivity index (χ0n) is 11.9. The summed E-state index contributed by atoms with van der Waals surface area (Å²) in [4.78, 5) is 4.54. The third-order valence-corrected chi connectivity index (χ3v) is 3.41. The summed E-state index contributed by atoms with van der Waals surface area (Å²) in [5, 5.41) is 3.41. The molecule has 1 N–H and O–H groups in total. The molecule has 1 saturated carbocycles. The van der Waals surface area contributed by atoms with E-state index in [1.54, 1.807) is 0 Å². The van der Waals surface area contributed by atoms with Gasteiger partial charge < -0.3 is 14.6 Å². The van der Waals surface area contributed by atoms with Gasteiger partial charge in [-0.2, -0.15) is 0 Å². The van der Waals surface area contributed by atoms with E-state index in [9.17, 15) is 0 Å². The molecule has 1 aliphatic carbocycles. The summed E-state index contributed by atoms with van der Waals surface area (Å²) >= 11 is 0. The van der Waals surface area contributed by atoms with Crippen molar-refractivity contribution in [1.82, 2.24) is 9.55 Å². The molecule has 1 aromatic carbocycles. The maximum absolute atomic E-state index is 5.67. The van der Waals surface area contributed by atoms with Gasteiger partial charge in [0.05, 0.1) is 12.3 Å². The van der Waals surface area contributed by atoms with Crippen molar-refractivity contribution < 1.29 is 4.74 Å². The van der Waals surface area contributed by atoms with E-state index < -0.39 is 0 Å². The van der Waals surface area contributed by atoms with Crippen molar-refractivity contribution in [3.8, 4) is 5.75 Å². The van der Waals surface area contributed by atoms with Gasteiger partial charge in [0.15, 0.2) is 0 Å². The topological polar surface area (TPSA) is 39.1 Å². The van der Waals surface area contributed by atoms with Crippen molar-refractivity contribution in [2.45, 2.75) is 32.2 Å². The molecule has 4 heteroatoms. The van der Waals surface area contributed by atoms with Crippen molar-refractivity contribution in [1.29, 1.82) is 0 Å². The maximum atomic E-state index is 5.67. The van der Waals surface area contributed by atoms with Crippen molar-refractivity contribution in [3.63, 3.8) is 0 Å². The molecule has 1 fully saturated rings. The maximum Gasteiger partial charge on any atom is 0.203 e. The van der Waals surface area contributed by atoms with Crippen LogP contribution in [0.4, 0.5) is 5.95 Å². The molecule has 0 atom stereocenters. The second kappa shape index (κ2) is 5.99. The van der Waals surface area contributed by atoms with Crippen molar-refractivity contribution in [2.24, 2.45) is 0 Å². The first kappa shape index (κ1) is 13.0. The molecule has 0 unspecified atom stereocenters. The lowest BCUT2D eigenvalue weighted by Gasteiger charge is -2.09. The number of benzene rings is 1. The summed E-state index contributed by atoms with van der Waals surface area (Å²) in [6.45, 7) is 3.65. The monoisotopic (exact) mass is 271 g/mol. The zero-order chi connectivity index (χ0) is 13.8. The molecule has 0 saturated heterocycles. The number of rotatable bonds is 7. The zero-order valence-corrected chi connectivity index (χ0v) is 11.9. The fourth-order valence-corrected chi connectivity index (χ4v) is 2.26. The highest BCUT2D eigenvalue weighted by atomic mass is 16.5. The summed E-state index contributed by atoms with van der Waals surface area (Å²) in [5.41, 5.74) is 1.08. The predicted octanol–water partition coefficient (Wildman–Crippen LogP) is 3.41. The predicted molar refractivity (Wildman–Crippen MR) is 80.3 cm³/mol. The Kier molecular flexibility index (Phi) is 3.90. The highest BCUT2D eigenvalue weighted by Crippen LogP contribution is 2.37. The van der Waals surface area contributed by atoms with E-state index in [4.69, 9.17) is 4.74 Å². The number of nitrogens with one attached hydrogen (secondary N) is 1. The van der Waals surface area contributed by atoms with E-state index in [1.165, 1.54) is 12.8 Å². The van der Waals surface area contributed by atoms with E-state index in [1.807, 2.05) is 37.3 Å². The lowest BCUT2D eigenvalue weighted by Crippen LogP contribution is -2.11. The number of hydrogen-bond acceptors (Lipinski definition) is 3. The van der Waals surface area contributed by atoms with Gasteiger partial charge in [-0.25, -0.2) is 4.98 Å².